The van der Waals surface area contributed by atoms with Crippen molar-refractivity contribution in [1.29, 1.82) is 0 Å². The maximum Gasteiger partial charge on any atom is 0.256 e. The van der Waals surface area contributed by atoms with Crippen molar-refractivity contribution >= 4 is 34.8 Å². The first-order valence-corrected chi connectivity index (χ1v) is 7.94. The van der Waals surface area contributed by atoms with Crippen molar-refractivity contribution in [2.45, 2.75) is 25.8 Å². The highest BCUT2D eigenvalue weighted by molar-refractivity contribution is 6.31. The number of rotatable bonds is 4. The number of hydrogen-bond acceptors (Lipinski definition) is 3. The second-order valence-corrected chi connectivity index (χ2v) is 5.90. The molecule has 0 saturated carbocycles. The van der Waals surface area contributed by atoms with Gasteiger partial charge in [0.1, 0.15) is 6.04 Å². The Morgan fingerprint density at radius 2 is 1.96 bits per heavy atom. The molecule has 0 aromatic heterocycles. The Morgan fingerprint density at radius 1 is 1.17 bits per heavy atom. The average Bonchev–Trinajstić information content (AvgIpc) is 2.82. The summed E-state index contributed by atoms with van der Waals surface area (Å²) < 4.78 is 0. The molecule has 1 heterocycles. The van der Waals surface area contributed by atoms with Gasteiger partial charge in [0.2, 0.25) is 5.91 Å². The molecule has 0 bridgehead atoms. The number of halogens is 1. The van der Waals surface area contributed by atoms with E-state index in [1.54, 1.807) is 24.3 Å². The molecule has 0 spiro atoms. The van der Waals surface area contributed by atoms with Crippen molar-refractivity contribution in [3.05, 3.63) is 59.1 Å². The summed E-state index contributed by atoms with van der Waals surface area (Å²) in [6.07, 6.45) is 0.999. The minimum atomic E-state index is -0.547. The highest BCUT2D eigenvalue weighted by atomic mass is 35.5. The van der Waals surface area contributed by atoms with Crippen molar-refractivity contribution in [2.75, 3.05) is 10.2 Å². The van der Waals surface area contributed by atoms with Gasteiger partial charge >= 0.3 is 0 Å². The van der Waals surface area contributed by atoms with Crippen LogP contribution < -0.4 is 10.2 Å². The number of benzene rings is 2. The number of amides is 2. The number of aryl methyl sites for hydroxylation is 1. The smallest absolute Gasteiger partial charge is 0.256 e. The van der Waals surface area contributed by atoms with E-state index in [0.717, 1.165) is 17.7 Å². The fourth-order valence-electron chi connectivity index (χ4n) is 2.79. The average molecular weight is 329 g/mol. The van der Waals surface area contributed by atoms with Gasteiger partial charge in [-0.3, -0.25) is 9.59 Å². The summed E-state index contributed by atoms with van der Waals surface area (Å²) in [5.74, 6) is -0.466. The maximum absolute atomic E-state index is 12.6. The molecule has 0 unspecified atom stereocenters. The number of nitrogens with zero attached hydrogens (tertiary/aromatic N) is 1. The molecule has 1 aliphatic heterocycles. The number of hydrogen-bond donors (Lipinski definition) is 1. The van der Waals surface area contributed by atoms with Gasteiger partial charge in [0.15, 0.2) is 0 Å². The summed E-state index contributed by atoms with van der Waals surface area (Å²) in [5, 5.41) is 3.71. The largest absolute Gasteiger partial charge is 0.373 e. The summed E-state index contributed by atoms with van der Waals surface area (Å²) >= 11 is 5.96. The van der Waals surface area contributed by atoms with Crippen LogP contribution in [0.3, 0.4) is 0 Å². The lowest BCUT2D eigenvalue weighted by molar-refractivity contribution is -0.121. The Bertz CT molecular complexity index is 760. The lowest BCUT2D eigenvalue weighted by atomic mass is 10.1. The van der Waals surface area contributed by atoms with Crippen LogP contribution in [0.1, 0.15) is 18.9 Å². The lowest BCUT2D eigenvalue weighted by Gasteiger charge is -2.17. The molecule has 2 amide bonds. The number of imide groups is 1. The summed E-state index contributed by atoms with van der Waals surface area (Å²) in [6.45, 7) is 2.06. The van der Waals surface area contributed by atoms with Gasteiger partial charge in [0, 0.05) is 10.7 Å². The van der Waals surface area contributed by atoms with E-state index >= 15 is 0 Å². The molecule has 5 heteroatoms. The van der Waals surface area contributed by atoms with Crippen LogP contribution in [-0.2, 0) is 16.0 Å². The standard InChI is InChI=1S/C18H17ClN2O2/c1-2-12-6-3-4-9-15(12)20-16-11-17(22)21(18(16)23)14-8-5-7-13(19)10-14/h3-10,16,20H,2,11H2,1H3/t16-/m0/s1. The molecule has 4 nitrogen and oxygen atoms in total. The molecular weight excluding hydrogens is 312 g/mol. The van der Waals surface area contributed by atoms with Gasteiger partial charge < -0.3 is 5.32 Å². The minimum Gasteiger partial charge on any atom is -0.373 e. The van der Waals surface area contributed by atoms with Gasteiger partial charge in [-0.15, -0.1) is 0 Å². The fraction of sp³-hybridized carbons (Fsp3) is 0.222. The van der Waals surface area contributed by atoms with Crippen LogP contribution in [0, 0.1) is 0 Å². The van der Waals surface area contributed by atoms with Gasteiger partial charge in [0.05, 0.1) is 12.1 Å². The minimum absolute atomic E-state index is 0.142. The molecule has 1 atom stereocenters. The van der Waals surface area contributed by atoms with E-state index in [1.807, 2.05) is 24.3 Å². The molecule has 1 fully saturated rings. The van der Waals surface area contributed by atoms with Crippen molar-refractivity contribution in [3.8, 4) is 0 Å². The molecule has 1 aliphatic rings. The molecule has 0 radical (unpaired) electrons. The molecule has 1 N–H and O–H groups in total. The normalized spacial score (nSPS) is 17.7. The van der Waals surface area contributed by atoms with Crippen LogP contribution in [0.15, 0.2) is 48.5 Å². The first-order chi connectivity index (χ1) is 11.1. The number of carbonyl (C=O) groups is 2. The third-order valence-electron chi connectivity index (χ3n) is 3.94. The Labute approximate surface area is 140 Å². The zero-order valence-corrected chi connectivity index (χ0v) is 13.5. The van der Waals surface area contributed by atoms with E-state index in [2.05, 4.69) is 12.2 Å². The Kier molecular flexibility index (Phi) is 4.35. The third-order valence-corrected chi connectivity index (χ3v) is 4.18. The predicted molar refractivity (Wildman–Crippen MR) is 91.8 cm³/mol. The van der Waals surface area contributed by atoms with Crippen LogP contribution in [0.2, 0.25) is 5.02 Å². The second-order valence-electron chi connectivity index (χ2n) is 5.46. The molecule has 1 saturated heterocycles. The first kappa shape index (κ1) is 15.6. The predicted octanol–water partition coefficient (Wildman–Crippen LogP) is 3.65. The van der Waals surface area contributed by atoms with Crippen molar-refractivity contribution in [3.63, 3.8) is 0 Å². The molecule has 2 aromatic carbocycles. The highest BCUT2D eigenvalue weighted by Gasteiger charge is 2.39. The molecule has 0 aliphatic carbocycles. The van der Waals surface area contributed by atoms with Crippen molar-refractivity contribution in [1.82, 2.24) is 0 Å². The molecule has 118 valence electrons. The zero-order valence-electron chi connectivity index (χ0n) is 12.8. The van der Waals surface area contributed by atoms with E-state index in [9.17, 15) is 9.59 Å². The number of anilines is 2. The van der Waals surface area contributed by atoms with E-state index in [1.165, 1.54) is 4.90 Å². The molecule has 3 rings (SSSR count). The summed E-state index contributed by atoms with van der Waals surface area (Å²) in [7, 11) is 0. The molecule has 2 aromatic rings. The fourth-order valence-corrected chi connectivity index (χ4v) is 2.97. The third kappa shape index (κ3) is 3.08. The monoisotopic (exact) mass is 328 g/mol. The Morgan fingerprint density at radius 3 is 2.70 bits per heavy atom. The summed E-state index contributed by atoms with van der Waals surface area (Å²) in [4.78, 5) is 26.1. The zero-order chi connectivity index (χ0) is 16.4. The van der Waals surface area contributed by atoms with Crippen LogP contribution in [0.25, 0.3) is 0 Å². The number of carbonyl (C=O) groups excluding carboxylic acids is 2. The van der Waals surface area contributed by atoms with Crippen LogP contribution in [0.4, 0.5) is 11.4 Å². The molecular formula is C18H17ClN2O2. The van der Waals surface area contributed by atoms with E-state index in [0.29, 0.717) is 10.7 Å². The van der Waals surface area contributed by atoms with Crippen LogP contribution in [0.5, 0.6) is 0 Å². The quantitative estimate of drug-likeness (QED) is 0.872. The van der Waals surface area contributed by atoms with E-state index in [4.69, 9.17) is 11.6 Å². The van der Waals surface area contributed by atoms with Gasteiger partial charge in [-0.05, 0) is 36.2 Å². The summed E-state index contributed by atoms with van der Waals surface area (Å²) in [6, 6.07) is 14.0. The van der Waals surface area contributed by atoms with E-state index in [-0.39, 0.29) is 18.2 Å². The lowest BCUT2D eigenvalue weighted by Crippen LogP contribution is -2.34. The SMILES string of the molecule is CCc1ccccc1N[C@H]1CC(=O)N(c2cccc(Cl)c2)C1=O. The van der Waals surface area contributed by atoms with Crippen LogP contribution in [-0.4, -0.2) is 17.9 Å². The van der Waals surface area contributed by atoms with Gasteiger partial charge in [-0.2, -0.15) is 0 Å². The van der Waals surface area contributed by atoms with Gasteiger partial charge in [-0.1, -0.05) is 42.8 Å². The second kappa shape index (κ2) is 6.42. The van der Waals surface area contributed by atoms with Gasteiger partial charge in [-0.25, -0.2) is 4.90 Å². The maximum atomic E-state index is 12.6. The highest BCUT2D eigenvalue weighted by Crippen LogP contribution is 2.27. The Hall–Kier alpha value is -2.33. The van der Waals surface area contributed by atoms with Crippen LogP contribution >= 0.6 is 11.6 Å². The van der Waals surface area contributed by atoms with E-state index < -0.39 is 6.04 Å². The van der Waals surface area contributed by atoms with Crippen molar-refractivity contribution in [2.24, 2.45) is 0 Å². The first-order valence-electron chi connectivity index (χ1n) is 7.57. The summed E-state index contributed by atoms with van der Waals surface area (Å²) in [5.41, 5.74) is 2.53. The number of para-hydroxylation sites is 1. The molecule has 23 heavy (non-hydrogen) atoms. The topological polar surface area (TPSA) is 49.4 Å². The van der Waals surface area contributed by atoms with Gasteiger partial charge in [0.25, 0.3) is 5.91 Å². The Balaban J connectivity index is 1.84. The number of nitrogens with one attached hydrogen (secondary N) is 1. The van der Waals surface area contributed by atoms with Crippen molar-refractivity contribution < 1.29 is 9.59 Å².